The minimum Gasteiger partial charge on any atom is -0.347 e. The lowest BCUT2D eigenvalue weighted by atomic mass is 9.73. The maximum absolute atomic E-state index is 14.9. The van der Waals surface area contributed by atoms with Gasteiger partial charge in [0.1, 0.15) is 33.6 Å². The zero-order valence-corrected chi connectivity index (χ0v) is 32.6. The molecule has 0 radical (unpaired) electrons. The van der Waals surface area contributed by atoms with E-state index in [-0.39, 0.29) is 45.8 Å². The molecular weight excluding hydrogens is 669 g/mol. The van der Waals surface area contributed by atoms with Crippen LogP contribution in [0.1, 0.15) is 125 Å². The highest BCUT2D eigenvalue weighted by molar-refractivity contribution is 7.96. The lowest BCUT2D eigenvalue weighted by Gasteiger charge is -2.37. The Hall–Kier alpha value is -2.67. The van der Waals surface area contributed by atoms with E-state index in [1.165, 1.54) is 0 Å². The highest BCUT2D eigenvalue weighted by atomic mass is 32.2. The molecule has 7 atom stereocenters. The number of nitrogens with zero attached hydrogens (tertiary/aromatic N) is 2. The molecule has 2 saturated heterocycles. The molecule has 6 aliphatic rings. The van der Waals surface area contributed by atoms with Crippen LogP contribution in [0.25, 0.3) is 0 Å². The summed E-state index contributed by atoms with van der Waals surface area (Å²) in [6.07, 6.45) is 11.8. The summed E-state index contributed by atoms with van der Waals surface area (Å²) in [6, 6.07) is -2.54. The summed E-state index contributed by atoms with van der Waals surface area (Å²) in [6.45, 7) is 13.8. The lowest BCUT2D eigenvalue weighted by molar-refractivity contribution is -0.145. The summed E-state index contributed by atoms with van der Waals surface area (Å²) in [5.41, 5.74) is -2.23. The number of fused-ring (bicyclic) bond motifs is 1. The highest BCUT2D eigenvalue weighted by Gasteiger charge is 2.85. The van der Waals surface area contributed by atoms with Gasteiger partial charge < -0.3 is 20.9 Å². The number of carbonyl (C=O) groups excluding carboxylic acids is 5. The van der Waals surface area contributed by atoms with Gasteiger partial charge in [0, 0.05) is 25.0 Å². The van der Waals surface area contributed by atoms with Crippen molar-refractivity contribution in [1.82, 2.24) is 29.9 Å². The van der Waals surface area contributed by atoms with E-state index in [0.717, 1.165) is 64.2 Å². The Morgan fingerprint density at radius 1 is 0.961 bits per heavy atom. The topological polar surface area (TPSA) is 157 Å². The molecule has 0 aromatic carbocycles. The summed E-state index contributed by atoms with van der Waals surface area (Å²) in [5.74, 6) is 2.15. The monoisotopic (exact) mass is 730 g/mol. The zero-order chi connectivity index (χ0) is 37.2. The standard InChI is InChI=1S/C38H62N6O6S/c1-8-26-21-38(26,33(49)42-51(7,50)43-19-12-13-20-43)41-30(46)27-22-37(35(5,6)36(37)17-14-18-36)23-44(27)32(48)29(34(2,3)4)40-31(47)28(39-24-45)25-15-10-9-11-16-25/h24-29H,7-23H2,1-6H3,(H,39,45)(H,40,47)(H,41,46)(H,42,49,50)/t26-,27+,28?,29-,37?,38-,51?/m1/s1. The van der Waals surface area contributed by atoms with Crippen LogP contribution in [0.2, 0.25) is 0 Å². The van der Waals surface area contributed by atoms with Crippen molar-refractivity contribution in [1.29, 1.82) is 0 Å². The van der Waals surface area contributed by atoms with Crippen molar-refractivity contribution in [3.8, 4) is 0 Å². The van der Waals surface area contributed by atoms with Gasteiger partial charge in [0.2, 0.25) is 24.1 Å². The third-order valence-electron chi connectivity index (χ3n) is 14.5. The molecule has 4 N–H and O–H groups in total. The van der Waals surface area contributed by atoms with Crippen LogP contribution in [0.15, 0.2) is 0 Å². The van der Waals surface area contributed by atoms with Crippen molar-refractivity contribution in [3.05, 3.63) is 0 Å². The smallest absolute Gasteiger partial charge is 0.258 e. The van der Waals surface area contributed by atoms with Crippen LogP contribution in [0, 0.1) is 33.5 Å². The number of hydrogen-bond acceptors (Lipinski definition) is 6. The Balaban J connectivity index is 1.27. The SMILES string of the molecule is C=S(=O)(NC(=O)[C@@]1(NC(=O)[C@@H]2CC3(CN2C(=O)[C@@H](NC(=O)C(NC=O)C2CCCCC2)C(C)(C)C)C(C)(C)C32CCC2)C[C@H]1CC)N1CCCC1. The normalized spacial score (nSPS) is 33.4. The van der Waals surface area contributed by atoms with Crippen molar-refractivity contribution in [2.24, 2.45) is 33.5 Å². The second-order valence-corrected chi connectivity index (χ2v) is 20.3. The number of nitrogens with one attached hydrogen (secondary N) is 4. The van der Waals surface area contributed by atoms with E-state index in [1.54, 1.807) is 9.21 Å². The minimum atomic E-state index is -3.06. The third kappa shape index (κ3) is 6.19. The largest absolute Gasteiger partial charge is 0.347 e. The predicted octanol–water partition coefficient (Wildman–Crippen LogP) is 3.05. The van der Waals surface area contributed by atoms with E-state index in [1.807, 2.05) is 27.7 Å². The minimum absolute atomic E-state index is 0.00939. The fourth-order valence-corrected chi connectivity index (χ4v) is 12.4. The first-order valence-corrected chi connectivity index (χ1v) is 21.2. The molecule has 6 rings (SSSR count). The van der Waals surface area contributed by atoms with Gasteiger partial charge in [0.25, 0.3) is 5.91 Å². The Morgan fingerprint density at radius 3 is 2.12 bits per heavy atom. The average molecular weight is 731 g/mol. The van der Waals surface area contributed by atoms with Gasteiger partial charge in [0.15, 0.2) is 0 Å². The molecule has 0 aromatic heterocycles. The summed E-state index contributed by atoms with van der Waals surface area (Å²) in [7, 11) is -3.06. The van der Waals surface area contributed by atoms with Crippen LogP contribution in [0.4, 0.5) is 0 Å². The van der Waals surface area contributed by atoms with Crippen LogP contribution in [-0.4, -0.2) is 92.6 Å². The molecule has 4 saturated carbocycles. The van der Waals surface area contributed by atoms with E-state index in [0.29, 0.717) is 45.3 Å². The summed E-state index contributed by atoms with van der Waals surface area (Å²) in [5, 5.41) is 8.90. The molecule has 3 unspecified atom stereocenters. The maximum Gasteiger partial charge on any atom is 0.258 e. The Bertz CT molecular complexity index is 1520. The summed E-state index contributed by atoms with van der Waals surface area (Å²) >= 11 is 0. The number of hydrogen-bond donors (Lipinski definition) is 4. The van der Waals surface area contributed by atoms with Crippen molar-refractivity contribution in [2.75, 3.05) is 19.6 Å². The Kier molecular flexibility index (Phi) is 9.94. The van der Waals surface area contributed by atoms with Crippen molar-refractivity contribution < 1.29 is 28.2 Å². The van der Waals surface area contributed by atoms with E-state index in [2.05, 4.69) is 40.4 Å². The molecule has 12 nitrogen and oxygen atoms in total. The third-order valence-corrected chi connectivity index (χ3v) is 16.2. The van der Waals surface area contributed by atoms with Crippen LogP contribution in [0.3, 0.4) is 0 Å². The number of rotatable bonds is 12. The molecule has 2 spiro atoms. The first-order chi connectivity index (χ1) is 23.9. The molecule has 2 aliphatic heterocycles. The zero-order valence-electron chi connectivity index (χ0n) is 31.7. The molecule has 0 bridgehead atoms. The summed E-state index contributed by atoms with van der Waals surface area (Å²) in [4.78, 5) is 70.7. The second-order valence-electron chi connectivity index (χ2n) is 18.3. The highest BCUT2D eigenvalue weighted by Crippen LogP contribution is 2.88. The molecule has 5 amide bonds. The predicted molar refractivity (Wildman–Crippen MR) is 197 cm³/mol. The van der Waals surface area contributed by atoms with Crippen LogP contribution < -0.4 is 20.7 Å². The van der Waals surface area contributed by atoms with Crippen LogP contribution in [0.5, 0.6) is 0 Å². The molecule has 0 aromatic rings. The van der Waals surface area contributed by atoms with Gasteiger partial charge in [-0.3, -0.25) is 28.7 Å². The molecule has 286 valence electrons. The molecule has 4 aliphatic carbocycles. The van der Waals surface area contributed by atoms with Crippen LogP contribution >= 0.6 is 0 Å². The summed E-state index contributed by atoms with van der Waals surface area (Å²) < 4.78 is 18.0. The van der Waals surface area contributed by atoms with Crippen molar-refractivity contribution in [3.63, 3.8) is 0 Å². The molecule has 13 heteroatoms. The van der Waals surface area contributed by atoms with Gasteiger partial charge in [-0.1, -0.05) is 73.6 Å². The second kappa shape index (κ2) is 13.3. The fraction of sp³-hybridized carbons (Fsp3) is 0.842. The van der Waals surface area contributed by atoms with Crippen LogP contribution in [-0.2, 0) is 33.9 Å². The van der Waals surface area contributed by atoms with Gasteiger partial charge in [-0.05, 0) is 85.3 Å². The number of likely N-dealkylation sites (tertiary alicyclic amines) is 1. The fourth-order valence-electron chi connectivity index (χ4n) is 11.0. The van der Waals surface area contributed by atoms with Gasteiger partial charge in [-0.2, -0.15) is 0 Å². The molecular formula is C38H62N6O6S. The number of carbonyl (C=O) groups is 5. The van der Waals surface area contributed by atoms with E-state index < -0.39 is 44.9 Å². The van der Waals surface area contributed by atoms with E-state index >= 15 is 0 Å². The molecule has 6 fully saturated rings. The molecule has 51 heavy (non-hydrogen) atoms. The van der Waals surface area contributed by atoms with Gasteiger partial charge >= 0.3 is 0 Å². The van der Waals surface area contributed by atoms with E-state index in [9.17, 15) is 28.2 Å². The van der Waals surface area contributed by atoms with Gasteiger partial charge in [0.05, 0.1) is 0 Å². The van der Waals surface area contributed by atoms with Gasteiger partial charge in [-0.15, -0.1) is 0 Å². The van der Waals surface area contributed by atoms with Crippen molar-refractivity contribution >= 4 is 45.8 Å². The lowest BCUT2D eigenvalue weighted by Crippen LogP contribution is -2.62. The first kappa shape index (κ1) is 38.1. The Labute approximate surface area is 305 Å². The maximum atomic E-state index is 14.9. The average Bonchev–Trinajstić information content (AvgIpc) is 3.52. The van der Waals surface area contributed by atoms with Gasteiger partial charge in [-0.25, -0.2) is 8.51 Å². The number of amides is 5. The molecule has 2 heterocycles. The van der Waals surface area contributed by atoms with Crippen molar-refractivity contribution in [2.45, 2.75) is 149 Å². The first-order valence-electron chi connectivity index (χ1n) is 19.5. The van der Waals surface area contributed by atoms with E-state index in [4.69, 9.17) is 0 Å². The Morgan fingerprint density at radius 2 is 1.61 bits per heavy atom. The quantitative estimate of drug-likeness (QED) is 0.179.